The van der Waals surface area contributed by atoms with Crippen LogP contribution >= 0.6 is 0 Å². The Morgan fingerprint density at radius 1 is 1.57 bits per heavy atom. The number of carbonyl (C=O) groups excluding carboxylic acids is 1. The van der Waals surface area contributed by atoms with E-state index >= 15 is 0 Å². The minimum atomic E-state index is -0.814. The summed E-state index contributed by atoms with van der Waals surface area (Å²) in [5.74, 6) is -0.779. The van der Waals surface area contributed by atoms with Gasteiger partial charge in [0.1, 0.15) is 0 Å². The van der Waals surface area contributed by atoms with Crippen LogP contribution in [0.5, 0.6) is 5.75 Å². The highest BCUT2D eigenvalue weighted by molar-refractivity contribution is 5.79. The molecule has 4 nitrogen and oxygen atoms in total. The average Bonchev–Trinajstić information content (AvgIpc) is 2.20. The topological polar surface area (TPSA) is 78.3 Å². The summed E-state index contributed by atoms with van der Waals surface area (Å²) < 4.78 is 18.1. The Morgan fingerprint density at radius 2 is 2.29 bits per heavy atom. The van der Waals surface area contributed by atoms with Crippen LogP contribution in [0.3, 0.4) is 0 Å². The van der Waals surface area contributed by atoms with Crippen LogP contribution in [0, 0.1) is 5.82 Å². The van der Waals surface area contributed by atoms with E-state index in [-0.39, 0.29) is 17.9 Å². The summed E-state index contributed by atoms with van der Waals surface area (Å²) in [6.45, 7) is 0.0482. The molecular formula is C9H11FN2O2. The number of hydrogen-bond acceptors (Lipinski definition) is 4. The first kappa shape index (κ1) is 10.6. The largest absolute Gasteiger partial charge is 0.470 e. The molecule has 14 heavy (non-hydrogen) atoms. The predicted molar refractivity (Wildman–Crippen MR) is 49.4 cm³/mol. The molecule has 0 radical (unpaired) electrons. The van der Waals surface area contributed by atoms with E-state index in [9.17, 15) is 9.18 Å². The zero-order valence-electron chi connectivity index (χ0n) is 7.44. The molecule has 0 heterocycles. The lowest BCUT2D eigenvalue weighted by atomic mass is 10.2. The van der Waals surface area contributed by atoms with Gasteiger partial charge in [0.25, 0.3) is 0 Å². The summed E-state index contributed by atoms with van der Waals surface area (Å²) in [5.41, 5.74) is 10.7. The molecule has 0 aliphatic rings. The number of rotatable bonds is 4. The molecule has 0 aliphatic carbocycles. The average molecular weight is 198 g/mol. The second-order valence-electron chi connectivity index (χ2n) is 2.67. The highest BCUT2D eigenvalue weighted by Gasteiger charge is 2.11. The fraction of sp³-hybridized carbons (Fsp3) is 0.222. The van der Waals surface area contributed by atoms with Crippen molar-refractivity contribution in [3.8, 4) is 5.75 Å². The lowest BCUT2D eigenvalue weighted by Gasteiger charge is -2.14. The van der Waals surface area contributed by atoms with Gasteiger partial charge in [0.05, 0.1) is 5.56 Å². The minimum absolute atomic E-state index is 0.0482. The number of ether oxygens (including phenoxy) is 1. The Hall–Kier alpha value is -1.46. The van der Waals surface area contributed by atoms with Crippen LogP contribution in [0.2, 0.25) is 0 Å². The monoisotopic (exact) mass is 198 g/mol. The molecule has 4 N–H and O–H groups in total. The fourth-order valence-corrected chi connectivity index (χ4v) is 0.942. The number of carbonyl (C=O) groups is 1. The normalized spacial score (nSPS) is 12.2. The first-order valence-corrected chi connectivity index (χ1v) is 4.05. The zero-order valence-corrected chi connectivity index (χ0v) is 7.44. The molecule has 0 saturated heterocycles. The summed E-state index contributed by atoms with van der Waals surface area (Å²) in [5, 5.41) is 0. The van der Waals surface area contributed by atoms with E-state index in [1.165, 1.54) is 18.2 Å². The van der Waals surface area contributed by atoms with Crippen molar-refractivity contribution in [1.29, 1.82) is 0 Å². The van der Waals surface area contributed by atoms with Gasteiger partial charge >= 0.3 is 0 Å². The summed E-state index contributed by atoms with van der Waals surface area (Å²) in [6, 6.07) is 4.04. The Kier molecular flexibility index (Phi) is 3.55. The molecule has 1 aromatic rings. The second-order valence-corrected chi connectivity index (χ2v) is 2.67. The summed E-state index contributed by atoms with van der Waals surface area (Å²) in [4.78, 5) is 10.5. The van der Waals surface area contributed by atoms with Gasteiger partial charge in [-0.2, -0.15) is 0 Å². The van der Waals surface area contributed by atoms with E-state index in [4.69, 9.17) is 16.2 Å². The Morgan fingerprint density at radius 3 is 2.86 bits per heavy atom. The highest BCUT2D eigenvalue weighted by Crippen LogP contribution is 2.21. The van der Waals surface area contributed by atoms with Gasteiger partial charge in [-0.1, -0.05) is 6.07 Å². The molecule has 0 aliphatic heterocycles. The standard InChI is InChI=1S/C9H11FN2O2/c10-7-3-1-2-6(5-13)9(7)14-8(12)4-11/h1-3,5,8H,4,11-12H2. The van der Waals surface area contributed by atoms with Gasteiger partial charge in [0, 0.05) is 6.54 Å². The van der Waals surface area contributed by atoms with Crippen molar-refractivity contribution in [3.05, 3.63) is 29.6 Å². The van der Waals surface area contributed by atoms with E-state index in [2.05, 4.69) is 0 Å². The first-order valence-electron chi connectivity index (χ1n) is 4.05. The number of halogens is 1. The molecular weight excluding hydrogens is 187 g/mol. The van der Waals surface area contributed by atoms with Crippen LogP contribution in [-0.2, 0) is 0 Å². The summed E-state index contributed by atoms with van der Waals surface area (Å²) in [6.07, 6.45) is -0.313. The van der Waals surface area contributed by atoms with Crippen LogP contribution in [0.15, 0.2) is 18.2 Å². The van der Waals surface area contributed by atoms with Crippen LogP contribution in [-0.4, -0.2) is 19.1 Å². The van der Waals surface area contributed by atoms with Crippen molar-refractivity contribution >= 4 is 6.29 Å². The van der Waals surface area contributed by atoms with E-state index in [1.54, 1.807) is 0 Å². The number of aldehydes is 1. The van der Waals surface area contributed by atoms with E-state index < -0.39 is 12.0 Å². The number of benzene rings is 1. The van der Waals surface area contributed by atoms with Crippen LogP contribution < -0.4 is 16.2 Å². The summed E-state index contributed by atoms with van der Waals surface area (Å²) in [7, 11) is 0. The van der Waals surface area contributed by atoms with Gasteiger partial charge in [-0.05, 0) is 12.1 Å². The molecule has 76 valence electrons. The highest BCUT2D eigenvalue weighted by atomic mass is 19.1. The predicted octanol–water partition coefficient (Wildman–Crippen LogP) is 0.260. The van der Waals surface area contributed by atoms with Crippen LogP contribution in [0.4, 0.5) is 4.39 Å². The van der Waals surface area contributed by atoms with Crippen molar-refractivity contribution in [2.75, 3.05) is 6.54 Å². The van der Waals surface area contributed by atoms with Gasteiger partial charge in [0.2, 0.25) is 0 Å². The van der Waals surface area contributed by atoms with Crippen molar-refractivity contribution in [1.82, 2.24) is 0 Å². The van der Waals surface area contributed by atoms with Crippen LogP contribution in [0.1, 0.15) is 10.4 Å². The maximum atomic E-state index is 13.2. The molecule has 0 spiro atoms. The van der Waals surface area contributed by atoms with Gasteiger partial charge in [-0.3, -0.25) is 10.5 Å². The molecule has 1 aromatic carbocycles. The lowest BCUT2D eigenvalue weighted by molar-refractivity contribution is 0.111. The van der Waals surface area contributed by atoms with Gasteiger partial charge in [0.15, 0.2) is 24.1 Å². The molecule has 0 amide bonds. The Labute approximate surface area is 80.6 Å². The number of nitrogens with two attached hydrogens (primary N) is 2. The maximum absolute atomic E-state index is 13.2. The molecule has 0 bridgehead atoms. The van der Waals surface area contributed by atoms with Crippen molar-refractivity contribution < 1.29 is 13.9 Å². The smallest absolute Gasteiger partial charge is 0.167 e. The van der Waals surface area contributed by atoms with Gasteiger partial charge in [-0.15, -0.1) is 0 Å². The zero-order chi connectivity index (χ0) is 10.6. The Bertz CT molecular complexity index is 331. The van der Waals surface area contributed by atoms with Gasteiger partial charge in [-0.25, -0.2) is 4.39 Å². The fourth-order valence-electron chi connectivity index (χ4n) is 0.942. The van der Waals surface area contributed by atoms with E-state index in [1.807, 2.05) is 0 Å². The molecule has 1 atom stereocenters. The summed E-state index contributed by atoms with van der Waals surface area (Å²) >= 11 is 0. The molecule has 5 heteroatoms. The Balaban J connectivity index is 2.98. The maximum Gasteiger partial charge on any atom is 0.167 e. The van der Waals surface area contributed by atoms with Crippen molar-refractivity contribution in [3.63, 3.8) is 0 Å². The van der Waals surface area contributed by atoms with Crippen molar-refractivity contribution in [2.45, 2.75) is 6.23 Å². The SMILES string of the molecule is NCC(N)Oc1c(F)cccc1C=O. The first-order chi connectivity index (χ1) is 6.69. The molecule has 1 unspecified atom stereocenters. The third kappa shape index (κ3) is 2.27. The third-order valence-electron chi connectivity index (χ3n) is 1.63. The lowest BCUT2D eigenvalue weighted by Crippen LogP contribution is -2.35. The third-order valence-corrected chi connectivity index (χ3v) is 1.63. The second kappa shape index (κ2) is 4.69. The van der Waals surface area contributed by atoms with E-state index in [0.717, 1.165) is 0 Å². The number of para-hydroxylation sites is 1. The van der Waals surface area contributed by atoms with Crippen molar-refractivity contribution in [2.24, 2.45) is 11.5 Å². The molecule has 0 saturated carbocycles. The number of hydrogen-bond donors (Lipinski definition) is 2. The minimum Gasteiger partial charge on any atom is -0.470 e. The van der Waals surface area contributed by atoms with E-state index in [0.29, 0.717) is 6.29 Å². The van der Waals surface area contributed by atoms with Crippen LogP contribution in [0.25, 0.3) is 0 Å². The quantitative estimate of drug-likeness (QED) is 0.537. The molecule has 0 aromatic heterocycles. The van der Waals surface area contributed by atoms with Gasteiger partial charge < -0.3 is 10.5 Å². The molecule has 1 rings (SSSR count). The molecule has 0 fully saturated rings.